The molecule has 1 N–H and O–H groups in total. The second-order valence-electron chi connectivity index (χ2n) is 15.6. The molecule has 16 heteroatoms. The summed E-state index contributed by atoms with van der Waals surface area (Å²) in [6, 6.07) is 41.1. The third-order valence-corrected chi connectivity index (χ3v) is 10.8. The van der Waals surface area contributed by atoms with Gasteiger partial charge in [-0.25, -0.2) is 0 Å². The maximum Gasteiger partial charge on any atom is 0.416 e. The minimum absolute atomic E-state index is 0. The number of carbonyl (C=O) groups is 2. The summed E-state index contributed by atoms with van der Waals surface area (Å²) in [5.41, 5.74) is 5.58. The van der Waals surface area contributed by atoms with Crippen LogP contribution in [0.25, 0.3) is 22.3 Å². The van der Waals surface area contributed by atoms with Crippen LogP contribution < -0.4 is 9.47 Å². The quantitative estimate of drug-likeness (QED) is 0.0331. The Morgan fingerprint density at radius 1 is 0.606 bits per heavy atom. The Kier molecular flexibility index (Phi) is 20.1. The van der Waals surface area contributed by atoms with Crippen LogP contribution in [-0.4, -0.2) is 42.7 Å². The normalized spacial score (nSPS) is 12.0. The fourth-order valence-corrected chi connectivity index (χ4v) is 7.12. The van der Waals surface area contributed by atoms with Gasteiger partial charge in [0.05, 0.1) is 50.1 Å². The Hall–Kier alpha value is -7.88. The fourth-order valence-electron chi connectivity index (χ4n) is 7.12. The molecule has 0 fully saturated rings. The van der Waals surface area contributed by atoms with E-state index in [0.717, 1.165) is 57.6 Å². The number of rotatable bonds is 16. The number of esters is 2. The Morgan fingerprint density at radius 2 is 1.04 bits per heavy atom. The van der Waals surface area contributed by atoms with Crippen LogP contribution >= 0.6 is 0 Å². The molecule has 2 atom stereocenters. The van der Waals surface area contributed by atoms with Crippen molar-refractivity contribution >= 4 is 18.2 Å². The number of nitrogens with zero attached hydrogens (tertiary/aromatic N) is 2. The molecule has 0 aliphatic rings. The van der Waals surface area contributed by atoms with E-state index in [1.807, 2.05) is 72.8 Å². The van der Waals surface area contributed by atoms with Crippen molar-refractivity contribution in [3.05, 3.63) is 196 Å². The molecule has 0 spiro atoms. The van der Waals surface area contributed by atoms with E-state index in [-0.39, 0.29) is 52.8 Å². The van der Waals surface area contributed by atoms with E-state index < -0.39 is 35.4 Å². The van der Waals surface area contributed by atoms with E-state index >= 15 is 0 Å². The summed E-state index contributed by atoms with van der Waals surface area (Å²) in [5.74, 6) is 0.352. The Labute approximate surface area is 408 Å². The number of hydrogen-bond donors (Lipinski definition) is 1. The molecule has 0 bridgehead atoms. The number of aromatic nitrogens is 1. The highest BCUT2D eigenvalue weighted by Gasteiger charge is 2.31. The van der Waals surface area contributed by atoms with E-state index in [4.69, 9.17) is 23.9 Å². The number of halogens is 6. The zero-order valence-electron chi connectivity index (χ0n) is 37.5. The van der Waals surface area contributed by atoms with Crippen LogP contribution in [0.2, 0.25) is 0 Å². The third-order valence-electron chi connectivity index (χ3n) is 10.8. The summed E-state index contributed by atoms with van der Waals surface area (Å²) < 4.78 is 103. The summed E-state index contributed by atoms with van der Waals surface area (Å²) in [6.07, 6.45) is -7.30. The van der Waals surface area contributed by atoms with Crippen molar-refractivity contribution < 1.29 is 64.6 Å². The molecule has 71 heavy (non-hydrogen) atoms. The molecular weight excluding hydrogens is 931 g/mol. The second kappa shape index (κ2) is 25.6. The third kappa shape index (κ3) is 16.1. The molecule has 0 aliphatic carbocycles. The van der Waals surface area contributed by atoms with Crippen LogP contribution in [0.5, 0.6) is 11.5 Å². The highest BCUT2D eigenvalue weighted by atomic mass is 19.4. The van der Waals surface area contributed by atoms with Crippen molar-refractivity contribution in [2.45, 2.75) is 72.0 Å². The number of oxime groups is 1. The summed E-state index contributed by atoms with van der Waals surface area (Å²) >= 11 is 0. The lowest BCUT2D eigenvalue weighted by Crippen LogP contribution is -2.10. The van der Waals surface area contributed by atoms with E-state index in [0.29, 0.717) is 34.1 Å². The molecule has 0 saturated heterocycles. The van der Waals surface area contributed by atoms with Crippen LogP contribution in [0.4, 0.5) is 26.3 Å². The fraction of sp³-hybridized carbons (Fsp3) is 0.236. The van der Waals surface area contributed by atoms with Crippen LogP contribution in [0, 0.1) is 6.92 Å². The number of alkyl halides is 6. The van der Waals surface area contributed by atoms with Crippen molar-refractivity contribution in [1.82, 2.24) is 5.16 Å². The maximum absolute atomic E-state index is 12.8. The minimum Gasteiger partial charge on any atom is -0.489 e. The monoisotopic (exact) mass is 984 g/mol. The van der Waals surface area contributed by atoms with Crippen molar-refractivity contribution in [1.29, 1.82) is 0 Å². The lowest BCUT2D eigenvalue weighted by Gasteiger charge is -2.14. The molecule has 1 heterocycles. The number of carbonyl (C=O) groups excluding carboxylic acids is 2. The van der Waals surface area contributed by atoms with Gasteiger partial charge in [0.15, 0.2) is 0 Å². The first kappa shape index (κ1) is 55.7. The van der Waals surface area contributed by atoms with Crippen LogP contribution in [0.1, 0.15) is 84.4 Å². The zero-order chi connectivity index (χ0) is 49.6. The lowest BCUT2D eigenvalue weighted by molar-refractivity contribution is -0.141. The van der Waals surface area contributed by atoms with Crippen molar-refractivity contribution in [3.63, 3.8) is 0 Å². The van der Waals surface area contributed by atoms with Crippen molar-refractivity contribution in [2.75, 3.05) is 14.2 Å². The highest BCUT2D eigenvalue weighted by molar-refractivity contribution is 5.78. The topological polar surface area (TPSA) is 130 Å². The van der Waals surface area contributed by atoms with Gasteiger partial charge in [-0.3, -0.25) is 9.59 Å². The van der Waals surface area contributed by atoms with Gasteiger partial charge in [-0.15, -0.1) is 5.16 Å². The largest absolute Gasteiger partial charge is 0.489 e. The van der Waals surface area contributed by atoms with Crippen LogP contribution in [0.15, 0.2) is 161 Å². The molecular formula is C55H54F6N2O8. The summed E-state index contributed by atoms with van der Waals surface area (Å²) in [7, 11) is 2.63. The molecule has 0 aliphatic heterocycles. The SMILES string of the molecule is C.C.COC(=O)C[C@@H](c1ccc(OCc2cccc(-c3ccc(C(F)(F)F)cc3)c2)cc1)c1cc(C)on1.COC(=O)C[C@H](C=NO)c1ccc(OCc2cccc(-c3ccc(C(F)(F)F)cc3)c2)cc1. The first-order chi connectivity index (χ1) is 33.0. The van der Waals surface area contributed by atoms with Crippen LogP contribution in [0.3, 0.4) is 0 Å². The van der Waals surface area contributed by atoms with Crippen molar-refractivity contribution in [2.24, 2.45) is 5.16 Å². The average Bonchev–Trinajstić information content (AvgIpc) is 3.79. The average molecular weight is 985 g/mol. The molecule has 0 unspecified atom stereocenters. The highest BCUT2D eigenvalue weighted by Crippen LogP contribution is 2.34. The van der Waals surface area contributed by atoms with Gasteiger partial charge in [-0.05, 0) is 112 Å². The molecule has 0 radical (unpaired) electrons. The molecule has 7 rings (SSSR count). The van der Waals surface area contributed by atoms with Gasteiger partial charge in [0.2, 0.25) is 0 Å². The molecule has 10 nitrogen and oxygen atoms in total. The summed E-state index contributed by atoms with van der Waals surface area (Å²) in [4.78, 5) is 23.5. The van der Waals surface area contributed by atoms with E-state index in [1.54, 1.807) is 37.3 Å². The summed E-state index contributed by atoms with van der Waals surface area (Å²) in [6.45, 7) is 2.33. The van der Waals surface area contributed by atoms with E-state index in [2.05, 4.69) is 15.0 Å². The molecule has 374 valence electrons. The van der Waals surface area contributed by atoms with Gasteiger partial charge >= 0.3 is 24.3 Å². The molecule has 1 aromatic heterocycles. The van der Waals surface area contributed by atoms with Gasteiger partial charge in [-0.1, -0.05) is 105 Å². The number of methoxy groups -OCH3 is 2. The smallest absolute Gasteiger partial charge is 0.416 e. The first-order valence-electron chi connectivity index (χ1n) is 21.3. The van der Waals surface area contributed by atoms with Crippen molar-refractivity contribution in [3.8, 4) is 33.8 Å². The minimum atomic E-state index is -4.37. The number of ether oxygens (including phenoxy) is 4. The summed E-state index contributed by atoms with van der Waals surface area (Å²) in [5, 5.41) is 15.9. The predicted octanol–water partition coefficient (Wildman–Crippen LogP) is 14.3. The van der Waals surface area contributed by atoms with E-state index in [1.165, 1.54) is 44.7 Å². The zero-order valence-corrected chi connectivity index (χ0v) is 37.5. The predicted molar refractivity (Wildman–Crippen MR) is 258 cm³/mol. The Morgan fingerprint density at radius 3 is 1.44 bits per heavy atom. The Bertz CT molecular complexity index is 2790. The number of hydrogen-bond acceptors (Lipinski definition) is 10. The van der Waals surface area contributed by atoms with Gasteiger partial charge in [0, 0.05) is 17.9 Å². The maximum atomic E-state index is 12.8. The molecule has 7 aromatic rings. The number of benzene rings is 6. The van der Waals surface area contributed by atoms with E-state index in [9.17, 15) is 35.9 Å². The van der Waals surface area contributed by atoms with Gasteiger partial charge in [0.1, 0.15) is 30.5 Å². The number of aryl methyl sites for hydroxylation is 1. The standard InChI is InChI=1S/C28H24F3NO4.C25H22F3NO4.2CH4/c1-18-14-26(32-36-18)25(16-27(33)34-2)21-8-12-24(13-9-21)35-17-19-4-3-5-22(15-19)20-6-10-23(11-7-20)28(29,30)31;1-32-24(30)14-21(15-29-31)19-7-11-23(12-8-19)33-16-17-3-2-4-20(13-17)18-5-9-22(10-6-18)25(26,27)28;;/h3-15,25H,16-17H2,1-2H3;2-13,15,21,31H,14,16H2,1H3;2*1H4/t25-;21-;;/m01../s1. The first-order valence-corrected chi connectivity index (χ1v) is 21.3. The lowest BCUT2D eigenvalue weighted by atomic mass is 9.92. The van der Waals surface area contributed by atoms with Crippen LogP contribution in [-0.2, 0) is 44.6 Å². The second-order valence-corrected chi connectivity index (χ2v) is 15.6. The Balaban J connectivity index is 0.000000301. The molecule has 0 saturated carbocycles. The molecule has 0 amide bonds. The van der Waals surface area contributed by atoms with Gasteiger partial charge in [0.25, 0.3) is 0 Å². The van der Waals surface area contributed by atoms with Gasteiger partial charge < -0.3 is 28.7 Å². The molecule has 6 aromatic carbocycles. The van der Waals surface area contributed by atoms with Gasteiger partial charge in [-0.2, -0.15) is 26.3 Å².